The van der Waals surface area contributed by atoms with Crippen molar-refractivity contribution in [1.82, 2.24) is 10.1 Å². The Morgan fingerprint density at radius 1 is 1.40 bits per heavy atom. The molecule has 0 fully saturated rings. The van der Waals surface area contributed by atoms with Gasteiger partial charge in [0.15, 0.2) is 12.4 Å². The minimum Gasteiger partial charge on any atom is -0.497 e. The summed E-state index contributed by atoms with van der Waals surface area (Å²) in [4.78, 5) is 4.10. The summed E-state index contributed by atoms with van der Waals surface area (Å²) in [6.45, 7) is 3.94. The number of nitrogens with zero attached hydrogens (tertiary/aromatic N) is 2. The van der Waals surface area contributed by atoms with Gasteiger partial charge in [-0.3, -0.25) is 0 Å². The van der Waals surface area contributed by atoms with Crippen LogP contribution in [0.15, 0.2) is 22.7 Å². The van der Waals surface area contributed by atoms with Crippen molar-refractivity contribution in [3.8, 4) is 11.5 Å². The maximum Gasteiger partial charge on any atom is 0.264 e. The molecule has 6 heteroatoms. The third-order valence-corrected chi connectivity index (χ3v) is 2.74. The third-order valence-electron chi connectivity index (χ3n) is 2.74. The molecule has 1 heterocycles. The number of methoxy groups -OCH3 is 1. The zero-order valence-electron chi connectivity index (χ0n) is 11.9. The number of hydrogen-bond donors (Lipinski definition) is 1. The molecule has 2 aromatic rings. The molecule has 0 aliphatic carbocycles. The smallest absolute Gasteiger partial charge is 0.264 e. The van der Waals surface area contributed by atoms with E-state index in [2.05, 4.69) is 10.1 Å². The van der Waals surface area contributed by atoms with E-state index in [0.717, 1.165) is 23.5 Å². The molecule has 2 N–H and O–H groups in total. The molecule has 108 valence electrons. The molecule has 0 saturated heterocycles. The highest BCUT2D eigenvalue weighted by Gasteiger charge is 2.10. The normalized spacial score (nSPS) is 12.2. The van der Waals surface area contributed by atoms with Gasteiger partial charge >= 0.3 is 0 Å². The highest BCUT2D eigenvalue weighted by atomic mass is 16.5. The molecule has 1 atom stereocenters. The molecule has 1 unspecified atom stereocenters. The predicted molar refractivity (Wildman–Crippen MR) is 73.7 cm³/mol. The van der Waals surface area contributed by atoms with Crippen LogP contribution in [0.1, 0.15) is 24.2 Å². The molecule has 6 nitrogen and oxygen atoms in total. The molecule has 20 heavy (non-hydrogen) atoms. The Morgan fingerprint density at radius 3 is 2.80 bits per heavy atom. The summed E-state index contributed by atoms with van der Waals surface area (Å²) in [6.07, 6.45) is 0.724. The van der Waals surface area contributed by atoms with Gasteiger partial charge in [0.05, 0.1) is 7.11 Å². The molecular weight excluding hydrogens is 258 g/mol. The van der Waals surface area contributed by atoms with Crippen molar-refractivity contribution in [3.63, 3.8) is 0 Å². The zero-order valence-corrected chi connectivity index (χ0v) is 11.9. The molecule has 0 aliphatic heterocycles. The summed E-state index contributed by atoms with van der Waals surface area (Å²) in [6, 6.07) is 5.73. The van der Waals surface area contributed by atoms with Crippen LogP contribution in [0.2, 0.25) is 0 Å². The molecule has 0 radical (unpaired) electrons. The Bertz CT molecular complexity index is 567. The van der Waals surface area contributed by atoms with Gasteiger partial charge in [0.1, 0.15) is 11.5 Å². The van der Waals surface area contributed by atoms with Crippen LogP contribution in [0.25, 0.3) is 0 Å². The number of aryl methyl sites for hydroxylation is 1. The first-order valence-corrected chi connectivity index (χ1v) is 6.43. The van der Waals surface area contributed by atoms with E-state index in [9.17, 15) is 0 Å². The topological polar surface area (TPSA) is 83.4 Å². The maximum absolute atomic E-state index is 5.85. The van der Waals surface area contributed by atoms with E-state index in [1.165, 1.54) is 0 Å². The molecule has 0 aliphatic rings. The summed E-state index contributed by atoms with van der Waals surface area (Å²) < 4.78 is 16.0. The molecule has 2 rings (SSSR count). The number of rotatable bonds is 6. The largest absolute Gasteiger partial charge is 0.497 e. The van der Waals surface area contributed by atoms with E-state index in [0.29, 0.717) is 11.7 Å². The lowest BCUT2D eigenvalue weighted by Crippen LogP contribution is -2.18. The number of nitrogens with two attached hydrogens (primary N) is 1. The van der Waals surface area contributed by atoms with Gasteiger partial charge in [0.2, 0.25) is 0 Å². The Labute approximate surface area is 117 Å². The van der Waals surface area contributed by atoms with E-state index in [1.807, 2.05) is 25.1 Å². The number of ether oxygens (including phenoxy) is 2. The van der Waals surface area contributed by atoms with Gasteiger partial charge in [0.25, 0.3) is 5.89 Å². The first-order valence-electron chi connectivity index (χ1n) is 6.43. The summed E-state index contributed by atoms with van der Waals surface area (Å²) in [5, 5.41) is 3.72. The summed E-state index contributed by atoms with van der Waals surface area (Å²) in [5.41, 5.74) is 6.87. The van der Waals surface area contributed by atoms with Gasteiger partial charge in [-0.15, -0.1) is 0 Å². The molecule has 0 spiro atoms. The van der Waals surface area contributed by atoms with Gasteiger partial charge < -0.3 is 19.7 Å². The lowest BCUT2D eigenvalue weighted by atomic mass is 10.1. The standard InChI is InChI=1S/C14H19N3O3/c1-9(15)6-11-4-5-12(18-3)7-13(11)19-8-14-16-10(2)17-20-14/h4-5,7,9H,6,8,15H2,1-3H3. The van der Waals surface area contributed by atoms with E-state index in [4.69, 9.17) is 19.7 Å². The predicted octanol–water partition coefficient (Wildman–Crippen LogP) is 1.86. The molecule has 0 amide bonds. The average Bonchev–Trinajstić information content (AvgIpc) is 2.83. The third kappa shape index (κ3) is 3.71. The van der Waals surface area contributed by atoms with E-state index in [-0.39, 0.29) is 12.6 Å². The Morgan fingerprint density at radius 2 is 2.20 bits per heavy atom. The lowest BCUT2D eigenvalue weighted by molar-refractivity contribution is 0.239. The Kier molecular flexibility index (Phi) is 4.57. The van der Waals surface area contributed by atoms with Crippen LogP contribution >= 0.6 is 0 Å². The van der Waals surface area contributed by atoms with Crippen LogP contribution in [-0.2, 0) is 13.0 Å². The summed E-state index contributed by atoms with van der Waals surface area (Å²) in [7, 11) is 1.62. The first-order chi connectivity index (χ1) is 9.58. The van der Waals surface area contributed by atoms with E-state index in [1.54, 1.807) is 14.0 Å². The van der Waals surface area contributed by atoms with Crippen LogP contribution in [0, 0.1) is 6.92 Å². The molecule has 0 saturated carbocycles. The fourth-order valence-corrected chi connectivity index (χ4v) is 1.85. The van der Waals surface area contributed by atoms with Crippen molar-refractivity contribution in [2.75, 3.05) is 7.11 Å². The quantitative estimate of drug-likeness (QED) is 0.867. The fourth-order valence-electron chi connectivity index (χ4n) is 1.85. The molecule has 1 aromatic carbocycles. The van der Waals surface area contributed by atoms with E-state index < -0.39 is 0 Å². The summed E-state index contributed by atoms with van der Waals surface area (Å²) >= 11 is 0. The van der Waals surface area contributed by atoms with Gasteiger partial charge in [-0.05, 0) is 31.9 Å². The van der Waals surface area contributed by atoms with Crippen molar-refractivity contribution in [3.05, 3.63) is 35.5 Å². The minimum absolute atomic E-state index is 0.0522. The fraction of sp³-hybridized carbons (Fsp3) is 0.429. The van der Waals surface area contributed by atoms with Crippen LogP contribution in [0.4, 0.5) is 0 Å². The van der Waals surface area contributed by atoms with Gasteiger partial charge in [-0.2, -0.15) is 4.98 Å². The molecular formula is C14H19N3O3. The Hall–Kier alpha value is -2.08. The van der Waals surface area contributed by atoms with Crippen molar-refractivity contribution in [2.45, 2.75) is 32.9 Å². The second-order valence-electron chi connectivity index (χ2n) is 4.68. The number of hydrogen-bond acceptors (Lipinski definition) is 6. The van der Waals surface area contributed by atoms with Gasteiger partial charge in [-0.25, -0.2) is 0 Å². The lowest BCUT2D eigenvalue weighted by Gasteiger charge is -2.13. The first kappa shape index (κ1) is 14.3. The minimum atomic E-state index is 0.0522. The van der Waals surface area contributed by atoms with Crippen LogP contribution in [0.5, 0.6) is 11.5 Å². The van der Waals surface area contributed by atoms with Crippen LogP contribution in [-0.4, -0.2) is 23.3 Å². The number of aromatic nitrogens is 2. The molecule has 0 bridgehead atoms. The highest BCUT2D eigenvalue weighted by molar-refractivity contribution is 5.41. The zero-order chi connectivity index (χ0) is 14.5. The monoisotopic (exact) mass is 277 g/mol. The number of benzene rings is 1. The van der Waals surface area contributed by atoms with Crippen molar-refractivity contribution >= 4 is 0 Å². The maximum atomic E-state index is 5.85. The molecule has 1 aromatic heterocycles. The van der Waals surface area contributed by atoms with E-state index >= 15 is 0 Å². The van der Waals surface area contributed by atoms with Crippen molar-refractivity contribution < 1.29 is 14.0 Å². The van der Waals surface area contributed by atoms with Crippen molar-refractivity contribution in [1.29, 1.82) is 0 Å². The van der Waals surface area contributed by atoms with Crippen molar-refractivity contribution in [2.24, 2.45) is 5.73 Å². The Balaban J connectivity index is 2.14. The average molecular weight is 277 g/mol. The van der Waals surface area contributed by atoms with Gasteiger partial charge in [-0.1, -0.05) is 11.2 Å². The highest BCUT2D eigenvalue weighted by Crippen LogP contribution is 2.26. The summed E-state index contributed by atoms with van der Waals surface area (Å²) in [5.74, 6) is 2.48. The van der Waals surface area contributed by atoms with Crippen LogP contribution in [0.3, 0.4) is 0 Å². The SMILES string of the molecule is COc1ccc(CC(C)N)c(OCc2nc(C)no2)c1. The van der Waals surface area contributed by atoms with Crippen LogP contribution < -0.4 is 15.2 Å². The van der Waals surface area contributed by atoms with Gasteiger partial charge in [0, 0.05) is 12.1 Å². The second kappa shape index (κ2) is 6.38. The second-order valence-corrected chi connectivity index (χ2v) is 4.68.